The van der Waals surface area contributed by atoms with E-state index in [9.17, 15) is 8.42 Å². The molecule has 0 unspecified atom stereocenters. The third-order valence-corrected chi connectivity index (χ3v) is 7.39. The Bertz CT molecular complexity index is 1490. The van der Waals surface area contributed by atoms with Gasteiger partial charge in [-0.25, -0.2) is 18.4 Å². The molecule has 2 heterocycles. The summed E-state index contributed by atoms with van der Waals surface area (Å²) in [5.41, 5.74) is 1.93. The zero-order valence-electron chi connectivity index (χ0n) is 17.2. The fourth-order valence-electron chi connectivity index (χ4n) is 3.12. The molecule has 0 amide bonds. The Labute approximate surface area is 194 Å². The van der Waals surface area contributed by atoms with Crippen LogP contribution in [0.3, 0.4) is 0 Å². The maximum atomic E-state index is 12.8. The highest BCUT2D eigenvalue weighted by molar-refractivity contribution is 7.94. The molecule has 7 nitrogen and oxygen atoms in total. The Balaban J connectivity index is 1.45. The Morgan fingerprint density at radius 3 is 2.00 bits per heavy atom. The summed E-state index contributed by atoms with van der Waals surface area (Å²) >= 11 is 1.13. The molecule has 5 aromatic rings. The molecule has 5 rings (SSSR count). The SMILES string of the molecule is O=S(=O)(Nc1nc2ccccc2nc1Nc1ccc(Oc2ccccc2)cc1)c1cccs1. The fraction of sp³-hybridized carbons (Fsp3) is 0. The van der Waals surface area contributed by atoms with E-state index in [2.05, 4.69) is 20.0 Å². The average molecular weight is 475 g/mol. The quantitative estimate of drug-likeness (QED) is 0.299. The summed E-state index contributed by atoms with van der Waals surface area (Å²) in [6.07, 6.45) is 0. The first kappa shape index (κ1) is 20.9. The van der Waals surface area contributed by atoms with Crippen molar-refractivity contribution in [2.45, 2.75) is 4.21 Å². The number of nitrogens with zero attached hydrogens (tertiary/aromatic N) is 2. The first-order valence-corrected chi connectivity index (χ1v) is 12.4. The van der Waals surface area contributed by atoms with E-state index < -0.39 is 10.0 Å². The molecule has 2 N–H and O–H groups in total. The van der Waals surface area contributed by atoms with Gasteiger partial charge in [0.05, 0.1) is 11.0 Å². The summed E-state index contributed by atoms with van der Waals surface area (Å²) in [5.74, 6) is 1.83. The lowest BCUT2D eigenvalue weighted by molar-refractivity contribution is 0.483. The van der Waals surface area contributed by atoms with Crippen LogP contribution < -0.4 is 14.8 Å². The fourth-order valence-corrected chi connectivity index (χ4v) is 5.12. The van der Waals surface area contributed by atoms with Gasteiger partial charge in [-0.15, -0.1) is 11.3 Å². The molecule has 0 radical (unpaired) electrons. The van der Waals surface area contributed by atoms with E-state index in [0.717, 1.165) is 17.1 Å². The van der Waals surface area contributed by atoms with Crippen LogP contribution >= 0.6 is 11.3 Å². The Morgan fingerprint density at radius 1 is 0.697 bits per heavy atom. The van der Waals surface area contributed by atoms with Crippen LogP contribution in [-0.4, -0.2) is 18.4 Å². The summed E-state index contributed by atoms with van der Waals surface area (Å²) in [5, 5.41) is 4.88. The molecule has 0 saturated carbocycles. The van der Waals surface area contributed by atoms with Crippen molar-refractivity contribution < 1.29 is 13.2 Å². The van der Waals surface area contributed by atoms with Crippen LogP contribution in [0, 0.1) is 0 Å². The van der Waals surface area contributed by atoms with Crippen molar-refractivity contribution in [3.05, 3.63) is 96.4 Å². The molecule has 0 aliphatic rings. The summed E-state index contributed by atoms with van der Waals surface area (Å²) < 4.78 is 34.2. The minimum atomic E-state index is -3.79. The maximum absolute atomic E-state index is 12.8. The number of rotatable bonds is 7. The smallest absolute Gasteiger partial charge is 0.272 e. The second-order valence-electron chi connectivity index (χ2n) is 7.01. The van der Waals surface area contributed by atoms with Crippen molar-refractivity contribution in [3.8, 4) is 11.5 Å². The van der Waals surface area contributed by atoms with Gasteiger partial charge in [0.1, 0.15) is 15.7 Å². The van der Waals surface area contributed by atoms with E-state index in [4.69, 9.17) is 4.74 Å². The number of para-hydroxylation sites is 3. The zero-order valence-corrected chi connectivity index (χ0v) is 18.8. The van der Waals surface area contributed by atoms with E-state index in [0.29, 0.717) is 28.3 Å². The lowest BCUT2D eigenvalue weighted by Gasteiger charge is -2.14. The number of fused-ring (bicyclic) bond motifs is 1. The van der Waals surface area contributed by atoms with Gasteiger partial charge >= 0.3 is 0 Å². The van der Waals surface area contributed by atoms with Crippen LogP contribution in [0.5, 0.6) is 11.5 Å². The van der Waals surface area contributed by atoms with Gasteiger partial charge in [0, 0.05) is 5.69 Å². The Kier molecular flexibility index (Phi) is 5.64. The number of thiophene rings is 1. The van der Waals surface area contributed by atoms with Crippen molar-refractivity contribution in [3.63, 3.8) is 0 Å². The molecule has 0 aliphatic carbocycles. The van der Waals surface area contributed by atoms with Gasteiger partial charge in [-0.2, -0.15) is 0 Å². The first-order chi connectivity index (χ1) is 16.1. The molecule has 0 bridgehead atoms. The maximum Gasteiger partial charge on any atom is 0.272 e. The van der Waals surface area contributed by atoms with Gasteiger partial charge in [0.2, 0.25) is 0 Å². The summed E-state index contributed by atoms with van der Waals surface area (Å²) in [7, 11) is -3.79. The molecular weight excluding hydrogens is 456 g/mol. The van der Waals surface area contributed by atoms with Gasteiger partial charge in [0.15, 0.2) is 11.6 Å². The molecular formula is C24H18N4O3S2. The van der Waals surface area contributed by atoms with Crippen LogP contribution in [0.2, 0.25) is 0 Å². The highest BCUT2D eigenvalue weighted by atomic mass is 32.2. The van der Waals surface area contributed by atoms with Gasteiger partial charge in [-0.1, -0.05) is 36.4 Å². The molecule has 0 fully saturated rings. The number of hydrogen-bond donors (Lipinski definition) is 2. The van der Waals surface area contributed by atoms with E-state index in [1.54, 1.807) is 23.6 Å². The van der Waals surface area contributed by atoms with Crippen molar-refractivity contribution in [1.82, 2.24) is 9.97 Å². The molecule has 0 atom stereocenters. The number of sulfonamides is 1. The predicted molar refractivity (Wildman–Crippen MR) is 131 cm³/mol. The van der Waals surface area contributed by atoms with E-state index in [1.807, 2.05) is 72.8 Å². The summed E-state index contributed by atoms with van der Waals surface area (Å²) in [6.45, 7) is 0. The van der Waals surface area contributed by atoms with E-state index >= 15 is 0 Å². The van der Waals surface area contributed by atoms with Gasteiger partial charge in [0.25, 0.3) is 10.0 Å². The van der Waals surface area contributed by atoms with Gasteiger partial charge in [-0.05, 0) is 60.0 Å². The topological polar surface area (TPSA) is 93.2 Å². The summed E-state index contributed by atoms with van der Waals surface area (Å²) in [4.78, 5) is 9.10. The van der Waals surface area contributed by atoms with E-state index in [1.165, 1.54) is 0 Å². The number of hydrogen-bond acceptors (Lipinski definition) is 7. The highest BCUT2D eigenvalue weighted by Gasteiger charge is 2.20. The van der Waals surface area contributed by atoms with E-state index in [-0.39, 0.29) is 10.0 Å². The third kappa shape index (κ3) is 4.79. The number of aromatic nitrogens is 2. The predicted octanol–water partition coefficient (Wildman–Crippen LogP) is 6.03. The number of nitrogens with one attached hydrogen (secondary N) is 2. The van der Waals surface area contributed by atoms with Crippen LogP contribution in [0.1, 0.15) is 0 Å². The molecule has 0 saturated heterocycles. The van der Waals surface area contributed by atoms with Crippen molar-refractivity contribution in [1.29, 1.82) is 0 Å². The molecule has 0 spiro atoms. The number of ether oxygens (including phenoxy) is 1. The minimum absolute atomic E-state index is 0.117. The minimum Gasteiger partial charge on any atom is -0.457 e. The van der Waals surface area contributed by atoms with Crippen LogP contribution in [0.4, 0.5) is 17.3 Å². The second-order valence-corrected chi connectivity index (χ2v) is 9.87. The first-order valence-electron chi connectivity index (χ1n) is 10.00. The molecule has 9 heteroatoms. The highest BCUT2D eigenvalue weighted by Crippen LogP contribution is 2.29. The lowest BCUT2D eigenvalue weighted by atomic mass is 10.3. The van der Waals surface area contributed by atoms with Crippen LogP contribution in [0.25, 0.3) is 11.0 Å². The second kappa shape index (κ2) is 8.89. The normalized spacial score (nSPS) is 11.3. The zero-order chi connectivity index (χ0) is 22.7. The van der Waals surface area contributed by atoms with Crippen molar-refractivity contribution >= 4 is 49.7 Å². The molecule has 0 aliphatic heterocycles. The van der Waals surface area contributed by atoms with Crippen molar-refractivity contribution in [2.24, 2.45) is 0 Å². The number of benzene rings is 3. The van der Waals surface area contributed by atoms with Crippen LogP contribution in [-0.2, 0) is 10.0 Å². The summed E-state index contributed by atoms with van der Waals surface area (Å²) in [6, 6.07) is 27.3. The standard InChI is InChI=1S/C24H18N4O3S2/c29-33(30,22-11-6-16-32-22)28-24-23(26-20-9-4-5-10-21(20)27-24)25-17-12-14-19(15-13-17)31-18-7-2-1-3-8-18/h1-16H,(H,25,26)(H,27,28). The monoisotopic (exact) mass is 474 g/mol. The molecule has 164 valence electrons. The lowest BCUT2D eigenvalue weighted by Crippen LogP contribution is -2.15. The Morgan fingerprint density at radius 2 is 1.33 bits per heavy atom. The average Bonchev–Trinajstić information content (AvgIpc) is 3.38. The third-order valence-electron chi connectivity index (χ3n) is 4.66. The largest absolute Gasteiger partial charge is 0.457 e. The molecule has 33 heavy (non-hydrogen) atoms. The van der Waals surface area contributed by atoms with Crippen molar-refractivity contribution in [2.75, 3.05) is 10.0 Å². The molecule has 3 aromatic carbocycles. The van der Waals surface area contributed by atoms with Gasteiger partial charge in [-0.3, -0.25) is 4.72 Å². The van der Waals surface area contributed by atoms with Gasteiger partial charge < -0.3 is 10.1 Å². The number of anilines is 3. The Hall–Kier alpha value is -3.95. The van der Waals surface area contributed by atoms with Crippen LogP contribution in [0.15, 0.2) is 101 Å². The molecule has 2 aromatic heterocycles.